The fourth-order valence-corrected chi connectivity index (χ4v) is 5.52. The Balaban J connectivity index is 1.50. The van der Waals surface area contributed by atoms with Crippen molar-refractivity contribution < 1.29 is 8.78 Å². The normalized spacial score (nSPS) is 16.3. The number of alkyl halides is 2. The van der Waals surface area contributed by atoms with E-state index in [2.05, 4.69) is 64.3 Å². The van der Waals surface area contributed by atoms with E-state index in [4.69, 9.17) is 6.42 Å². The van der Waals surface area contributed by atoms with Gasteiger partial charge in [0.1, 0.15) is 11.6 Å². The monoisotopic (exact) mass is 594 g/mol. The van der Waals surface area contributed by atoms with Crippen molar-refractivity contribution in [1.82, 2.24) is 25.9 Å². The molecule has 1 aliphatic carbocycles. The minimum absolute atomic E-state index is 0.0523. The fraction of sp³-hybridized carbons (Fsp3) is 0.303. The Kier molecular flexibility index (Phi) is 7.14. The Bertz CT molecular complexity index is 1940. The number of nitriles is 1. The van der Waals surface area contributed by atoms with Gasteiger partial charge in [-0.25, -0.2) is 8.78 Å². The molecule has 2 aromatic heterocycles. The van der Waals surface area contributed by atoms with E-state index in [0.29, 0.717) is 69.3 Å². The number of H-pyrrole nitrogens is 1. The van der Waals surface area contributed by atoms with Crippen molar-refractivity contribution in [2.45, 2.75) is 51.6 Å². The quantitative estimate of drug-likeness (QED) is 0.170. The number of terminal acetylenes is 1. The zero-order valence-corrected chi connectivity index (χ0v) is 24.6. The van der Waals surface area contributed by atoms with Crippen LogP contribution in [0.25, 0.3) is 21.7 Å². The third kappa shape index (κ3) is 5.16. The van der Waals surface area contributed by atoms with Crippen molar-refractivity contribution in [3.63, 3.8) is 0 Å². The summed E-state index contributed by atoms with van der Waals surface area (Å²) in [6, 6.07) is 12.4. The minimum atomic E-state index is -2.54. The van der Waals surface area contributed by atoms with Gasteiger partial charge >= 0.3 is 0 Å². The van der Waals surface area contributed by atoms with E-state index < -0.39 is 18.0 Å². The van der Waals surface area contributed by atoms with Crippen molar-refractivity contribution in [3.05, 3.63) is 87.7 Å². The minimum Gasteiger partial charge on any atom is -0.383 e. The Hall–Kier alpha value is -5.13. The van der Waals surface area contributed by atoms with E-state index in [9.17, 15) is 18.8 Å². The second-order valence-corrected chi connectivity index (χ2v) is 12.4. The average Bonchev–Trinajstić information content (AvgIpc) is 3.68. The first-order valence-electron chi connectivity index (χ1n) is 14.3. The average molecular weight is 595 g/mol. The van der Waals surface area contributed by atoms with Crippen LogP contribution in [0.4, 0.5) is 20.2 Å². The number of hydrogen-bond donors (Lipinski definition) is 5. The molecule has 2 aromatic carbocycles. The van der Waals surface area contributed by atoms with Crippen LogP contribution < -0.4 is 27.2 Å². The van der Waals surface area contributed by atoms with E-state index in [1.165, 1.54) is 5.01 Å². The first kappa shape index (κ1) is 29.0. The Morgan fingerprint density at radius 1 is 1.16 bits per heavy atom. The molecule has 1 fully saturated rings. The van der Waals surface area contributed by atoms with E-state index in [-0.39, 0.29) is 11.0 Å². The number of pyridine rings is 2. The molecule has 0 bridgehead atoms. The molecule has 1 atom stereocenters. The molecule has 2 aliphatic rings. The van der Waals surface area contributed by atoms with Gasteiger partial charge in [-0.3, -0.25) is 14.8 Å². The van der Waals surface area contributed by atoms with Gasteiger partial charge in [-0.05, 0) is 53.5 Å². The molecule has 0 saturated heterocycles. The Morgan fingerprint density at radius 3 is 2.64 bits per heavy atom. The van der Waals surface area contributed by atoms with Gasteiger partial charge < -0.3 is 21.0 Å². The molecule has 0 unspecified atom stereocenters. The predicted octanol–water partition coefficient (Wildman–Crippen LogP) is 5.50. The molecular formula is C33H32F2N8O. The van der Waals surface area contributed by atoms with Crippen LogP contribution in [-0.2, 0) is 0 Å². The molecule has 4 aromatic rings. The second kappa shape index (κ2) is 10.9. The fourth-order valence-electron chi connectivity index (χ4n) is 5.52. The zero-order valence-electron chi connectivity index (χ0n) is 24.6. The van der Waals surface area contributed by atoms with Gasteiger partial charge in [-0.1, -0.05) is 38.8 Å². The highest BCUT2D eigenvalue weighted by atomic mass is 19.3. The summed E-state index contributed by atoms with van der Waals surface area (Å²) in [7, 11) is 0. The van der Waals surface area contributed by atoms with Gasteiger partial charge in [0.2, 0.25) is 0 Å². The van der Waals surface area contributed by atoms with Gasteiger partial charge in [-0.15, -0.1) is 12.0 Å². The highest BCUT2D eigenvalue weighted by Gasteiger charge is 2.56. The number of hydrazine groups is 2. The standard InChI is InChI=1S/C33H32F2N8O/c1-5-19-16-38-28-20(15-36)13-21(14-25(28)27(19)39-18-32(2,3)4)40-29(23-7-6-8-24-22(23)9-12-37-30(24)44)26-17-43(42-41-26)33(10-11-33)31(34)35/h1,6-9,12-14,16-17,29,31,40-42H,10-11,18H2,2-4H3,(H,37,44)(H,38,39)/t29-/m0/s1. The van der Waals surface area contributed by atoms with Gasteiger partial charge in [0, 0.05) is 41.6 Å². The topological polar surface area (TPSA) is 121 Å². The van der Waals surface area contributed by atoms with Crippen molar-refractivity contribution >= 4 is 33.1 Å². The third-order valence-corrected chi connectivity index (χ3v) is 8.06. The molecule has 0 amide bonds. The van der Waals surface area contributed by atoms with Crippen LogP contribution in [0.15, 0.2) is 65.5 Å². The molecule has 5 N–H and O–H groups in total. The summed E-state index contributed by atoms with van der Waals surface area (Å²) in [6.45, 7) is 6.93. The highest BCUT2D eigenvalue weighted by molar-refractivity contribution is 5.99. The number of halogens is 2. The van der Waals surface area contributed by atoms with Crippen LogP contribution in [0.3, 0.4) is 0 Å². The summed E-state index contributed by atoms with van der Waals surface area (Å²) in [5, 5.41) is 20.4. The highest BCUT2D eigenvalue weighted by Crippen LogP contribution is 2.47. The van der Waals surface area contributed by atoms with Crippen molar-refractivity contribution in [2.24, 2.45) is 5.41 Å². The summed E-state index contributed by atoms with van der Waals surface area (Å²) < 4.78 is 28.0. The first-order chi connectivity index (χ1) is 21.0. The molecule has 1 saturated carbocycles. The number of rotatable bonds is 8. The lowest BCUT2D eigenvalue weighted by Crippen LogP contribution is -2.48. The maximum Gasteiger partial charge on any atom is 0.262 e. The van der Waals surface area contributed by atoms with Crippen LogP contribution in [0, 0.1) is 29.1 Å². The van der Waals surface area contributed by atoms with Crippen LogP contribution >= 0.6 is 0 Å². The van der Waals surface area contributed by atoms with Crippen LogP contribution in [0.1, 0.15) is 56.3 Å². The molecule has 0 spiro atoms. The van der Waals surface area contributed by atoms with Crippen molar-refractivity contribution in [2.75, 3.05) is 17.2 Å². The number of aromatic nitrogens is 2. The van der Waals surface area contributed by atoms with E-state index in [1.807, 2.05) is 18.2 Å². The maximum absolute atomic E-state index is 14.0. The van der Waals surface area contributed by atoms with Gasteiger partial charge in [-0.2, -0.15) is 5.26 Å². The van der Waals surface area contributed by atoms with Crippen molar-refractivity contribution in [1.29, 1.82) is 5.26 Å². The molecule has 9 nitrogen and oxygen atoms in total. The number of fused-ring (bicyclic) bond motifs is 2. The largest absolute Gasteiger partial charge is 0.383 e. The van der Waals surface area contributed by atoms with Gasteiger partial charge in [0.25, 0.3) is 12.0 Å². The summed E-state index contributed by atoms with van der Waals surface area (Å²) in [5.41, 5.74) is 8.37. The van der Waals surface area contributed by atoms with E-state index in [1.54, 1.807) is 36.8 Å². The summed E-state index contributed by atoms with van der Waals surface area (Å²) in [5.74, 6) is 2.70. The Labute approximate surface area is 253 Å². The summed E-state index contributed by atoms with van der Waals surface area (Å²) >= 11 is 0. The van der Waals surface area contributed by atoms with Crippen LogP contribution in [0.2, 0.25) is 0 Å². The number of nitrogens with zero attached hydrogens (tertiary/aromatic N) is 3. The predicted molar refractivity (Wildman–Crippen MR) is 167 cm³/mol. The number of benzene rings is 2. The maximum atomic E-state index is 14.0. The first-order valence-corrected chi connectivity index (χ1v) is 14.3. The molecule has 0 radical (unpaired) electrons. The molecule has 6 rings (SSSR count). The number of aromatic amines is 1. The third-order valence-electron chi connectivity index (χ3n) is 8.06. The lowest BCUT2D eigenvalue weighted by Gasteiger charge is -2.25. The Morgan fingerprint density at radius 2 is 1.95 bits per heavy atom. The molecule has 1 aliphatic heterocycles. The number of nitrogens with one attached hydrogen (secondary N) is 5. The summed E-state index contributed by atoms with van der Waals surface area (Å²) in [4.78, 5) is 19.9. The zero-order chi connectivity index (χ0) is 31.2. The van der Waals surface area contributed by atoms with Gasteiger partial charge in [0.15, 0.2) is 0 Å². The number of anilines is 2. The molecule has 44 heavy (non-hydrogen) atoms. The smallest absolute Gasteiger partial charge is 0.262 e. The molecule has 3 heterocycles. The SMILES string of the molecule is C#Cc1cnc2c(C#N)cc(N[C@H](C3=CN(C4(C(F)F)CC4)NN3)c3cccc4c(=O)[nH]ccc34)cc2c1NCC(C)(C)C. The second-order valence-electron chi connectivity index (χ2n) is 12.4. The van der Waals surface area contributed by atoms with E-state index in [0.717, 1.165) is 5.56 Å². The van der Waals surface area contributed by atoms with E-state index >= 15 is 0 Å². The lowest BCUT2D eigenvalue weighted by molar-refractivity contribution is 0.00911. The van der Waals surface area contributed by atoms with Crippen molar-refractivity contribution in [3.8, 4) is 18.4 Å². The molecule has 11 heteroatoms. The van der Waals surface area contributed by atoms with Gasteiger partial charge in [0.05, 0.1) is 34.1 Å². The van der Waals surface area contributed by atoms with Crippen LogP contribution in [0.5, 0.6) is 0 Å². The summed E-state index contributed by atoms with van der Waals surface area (Å²) in [6.07, 6.45) is 8.83. The molecule has 224 valence electrons. The lowest BCUT2D eigenvalue weighted by atomic mass is 9.96. The molecular weight excluding hydrogens is 562 g/mol. The number of hydrogen-bond acceptors (Lipinski definition) is 8. The van der Waals surface area contributed by atoms with Crippen LogP contribution in [-0.4, -0.2) is 33.5 Å².